The Hall–Kier alpha value is -1.12. The molecule has 9 heteroatoms. The van der Waals surface area contributed by atoms with Crippen molar-refractivity contribution in [2.75, 3.05) is 13.1 Å². The lowest BCUT2D eigenvalue weighted by molar-refractivity contribution is 0.222. The Bertz CT molecular complexity index is 1090. The third-order valence-corrected chi connectivity index (χ3v) is 9.11. The van der Waals surface area contributed by atoms with Crippen LogP contribution in [0, 0.1) is 11.8 Å². The number of hydrogen-bond acceptors (Lipinski definition) is 4. The highest BCUT2D eigenvalue weighted by Gasteiger charge is 2.32. The Morgan fingerprint density at radius 2 is 1.39 bits per heavy atom. The van der Waals surface area contributed by atoms with E-state index in [1.54, 1.807) is 0 Å². The van der Waals surface area contributed by atoms with Crippen molar-refractivity contribution in [1.82, 2.24) is 4.31 Å². The first-order valence-electron chi connectivity index (χ1n) is 8.82. The topological polar surface area (TPSA) is 71.5 Å². The van der Waals surface area contributed by atoms with Crippen LogP contribution in [-0.2, 0) is 19.9 Å². The number of hydrogen-bond donors (Lipinski definition) is 0. The molecular formula is C19H21Cl2NO4S2. The number of sulfone groups is 1. The fourth-order valence-electron chi connectivity index (χ4n) is 3.53. The van der Waals surface area contributed by atoms with Gasteiger partial charge in [-0.15, -0.1) is 0 Å². The maximum atomic E-state index is 13.1. The van der Waals surface area contributed by atoms with E-state index in [4.69, 9.17) is 23.2 Å². The summed E-state index contributed by atoms with van der Waals surface area (Å²) in [7, 11) is -7.73. The molecule has 0 bridgehead atoms. The molecule has 2 aromatic rings. The predicted molar refractivity (Wildman–Crippen MR) is 110 cm³/mol. The Balaban J connectivity index is 2.01. The maximum absolute atomic E-state index is 13.1. The molecule has 28 heavy (non-hydrogen) atoms. The summed E-state index contributed by atoms with van der Waals surface area (Å²) in [6.07, 6.45) is 0.970. The minimum absolute atomic E-state index is 0.0325. The Morgan fingerprint density at radius 3 is 2.00 bits per heavy atom. The fraction of sp³-hybridized carbons (Fsp3) is 0.368. The lowest BCUT2D eigenvalue weighted by Gasteiger charge is -2.34. The van der Waals surface area contributed by atoms with Gasteiger partial charge in [-0.25, -0.2) is 16.8 Å². The van der Waals surface area contributed by atoms with Crippen molar-refractivity contribution in [3.8, 4) is 0 Å². The van der Waals surface area contributed by atoms with Gasteiger partial charge in [0.15, 0.2) is 0 Å². The Kier molecular flexibility index (Phi) is 6.13. The minimum atomic E-state index is -3.94. The van der Waals surface area contributed by atoms with Crippen molar-refractivity contribution in [3.63, 3.8) is 0 Å². The second kappa shape index (κ2) is 7.95. The third kappa shape index (κ3) is 4.24. The molecule has 1 heterocycles. The summed E-state index contributed by atoms with van der Waals surface area (Å²) >= 11 is 11.8. The van der Waals surface area contributed by atoms with E-state index >= 15 is 0 Å². The molecule has 0 aliphatic carbocycles. The Labute approximate surface area is 176 Å². The zero-order chi connectivity index (χ0) is 20.7. The third-order valence-electron chi connectivity index (χ3n) is 4.79. The van der Waals surface area contributed by atoms with E-state index in [1.807, 2.05) is 13.8 Å². The molecule has 2 atom stereocenters. The van der Waals surface area contributed by atoms with E-state index in [2.05, 4.69) is 0 Å². The molecule has 0 N–H and O–H groups in total. The van der Waals surface area contributed by atoms with Crippen LogP contribution in [0.25, 0.3) is 0 Å². The highest BCUT2D eigenvalue weighted by atomic mass is 35.5. The molecule has 1 aliphatic rings. The van der Waals surface area contributed by atoms with Crippen molar-refractivity contribution in [1.29, 1.82) is 0 Å². The number of rotatable bonds is 4. The van der Waals surface area contributed by atoms with Crippen LogP contribution in [0.2, 0.25) is 10.0 Å². The van der Waals surface area contributed by atoms with E-state index in [9.17, 15) is 16.8 Å². The zero-order valence-corrected chi connectivity index (χ0v) is 18.6. The van der Waals surface area contributed by atoms with E-state index in [-0.39, 0.29) is 36.6 Å². The normalized spacial score (nSPS) is 21.6. The van der Waals surface area contributed by atoms with Crippen LogP contribution in [0.15, 0.2) is 57.2 Å². The summed E-state index contributed by atoms with van der Waals surface area (Å²) in [5.41, 5.74) is 0. The van der Waals surface area contributed by atoms with Gasteiger partial charge in [-0.1, -0.05) is 43.1 Å². The van der Waals surface area contributed by atoms with Crippen LogP contribution in [-0.4, -0.2) is 34.2 Å². The van der Waals surface area contributed by atoms with Gasteiger partial charge in [0.25, 0.3) is 0 Å². The molecule has 0 amide bonds. The summed E-state index contributed by atoms with van der Waals surface area (Å²) in [4.78, 5) is -0.184. The highest BCUT2D eigenvalue weighted by Crippen LogP contribution is 2.31. The van der Waals surface area contributed by atoms with E-state index < -0.39 is 19.9 Å². The fourth-order valence-corrected chi connectivity index (χ4v) is 7.03. The number of nitrogens with zero attached hydrogens (tertiary/aromatic N) is 1. The number of sulfonamides is 1. The van der Waals surface area contributed by atoms with Gasteiger partial charge in [0.05, 0.1) is 24.7 Å². The van der Waals surface area contributed by atoms with E-state index in [0.29, 0.717) is 13.1 Å². The SMILES string of the molecule is C[C@@H]1C[C@H](C)CN(S(=O)(=O)c2cccc(S(=O)(=O)c3ccc(Cl)c(Cl)c3)c2)C1. The molecule has 1 aliphatic heterocycles. The first kappa shape index (κ1) is 21.6. The molecule has 2 aromatic carbocycles. The molecule has 0 radical (unpaired) electrons. The van der Waals surface area contributed by atoms with Crippen molar-refractivity contribution >= 4 is 43.1 Å². The van der Waals surface area contributed by atoms with Crippen LogP contribution in [0.5, 0.6) is 0 Å². The first-order valence-corrected chi connectivity index (χ1v) is 12.5. The van der Waals surface area contributed by atoms with Crippen molar-refractivity contribution in [3.05, 3.63) is 52.5 Å². The summed E-state index contributed by atoms with van der Waals surface area (Å²) in [5, 5.41) is 0.355. The summed E-state index contributed by atoms with van der Waals surface area (Å²) in [5.74, 6) is 0.503. The summed E-state index contributed by atoms with van der Waals surface area (Å²) in [6.45, 7) is 4.89. The molecule has 152 valence electrons. The molecule has 0 saturated carbocycles. The smallest absolute Gasteiger partial charge is 0.219 e. The Morgan fingerprint density at radius 1 is 0.821 bits per heavy atom. The van der Waals surface area contributed by atoms with Gasteiger partial charge >= 0.3 is 0 Å². The lowest BCUT2D eigenvalue weighted by Crippen LogP contribution is -2.42. The van der Waals surface area contributed by atoms with Crippen LogP contribution in [0.4, 0.5) is 0 Å². The van der Waals surface area contributed by atoms with Crippen molar-refractivity contribution in [2.45, 2.75) is 35.0 Å². The second-order valence-corrected chi connectivity index (χ2v) is 12.0. The second-order valence-electron chi connectivity index (χ2n) is 7.32. The number of piperidine rings is 1. The predicted octanol–water partition coefficient (Wildman–Crippen LogP) is 4.49. The van der Waals surface area contributed by atoms with Gasteiger partial charge in [0.1, 0.15) is 0 Å². The highest BCUT2D eigenvalue weighted by molar-refractivity contribution is 7.91. The van der Waals surface area contributed by atoms with Crippen molar-refractivity contribution < 1.29 is 16.8 Å². The molecule has 5 nitrogen and oxygen atoms in total. The standard InChI is InChI=1S/C19H21Cl2NO4S2/c1-13-8-14(2)12-22(11-13)28(25,26)17-5-3-4-15(9-17)27(23,24)16-6-7-18(20)19(21)10-16/h3-7,9-10,13-14H,8,11-12H2,1-2H3/t13-,14+. The molecule has 1 fully saturated rings. The molecule has 1 saturated heterocycles. The van der Waals surface area contributed by atoms with E-state index in [0.717, 1.165) is 6.42 Å². The van der Waals surface area contributed by atoms with Gasteiger partial charge < -0.3 is 0 Å². The number of benzene rings is 2. The van der Waals surface area contributed by atoms with Crippen LogP contribution in [0.3, 0.4) is 0 Å². The average molecular weight is 462 g/mol. The minimum Gasteiger partial charge on any atom is -0.219 e. The quantitative estimate of drug-likeness (QED) is 0.671. The summed E-state index contributed by atoms with van der Waals surface area (Å²) < 4.78 is 53.5. The number of halogens is 2. The summed E-state index contributed by atoms with van der Waals surface area (Å²) in [6, 6.07) is 9.44. The molecule has 0 spiro atoms. The largest absolute Gasteiger partial charge is 0.243 e. The maximum Gasteiger partial charge on any atom is 0.243 e. The van der Waals surface area contributed by atoms with Crippen LogP contribution >= 0.6 is 23.2 Å². The van der Waals surface area contributed by atoms with Crippen LogP contribution < -0.4 is 0 Å². The van der Waals surface area contributed by atoms with Gasteiger partial charge in [0, 0.05) is 13.1 Å². The van der Waals surface area contributed by atoms with Gasteiger partial charge in [-0.2, -0.15) is 4.31 Å². The molecular weight excluding hydrogens is 441 g/mol. The van der Waals surface area contributed by atoms with Gasteiger partial charge in [0.2, 0.25) is 19.9 Å². The van der Waals surface area contributed by atoms with Gasteiger partial charge in [-0.05, 0) is 54.7 Å². The lowest BCUT2D eigenvalue weighted by atomic mass is 9.94. The average Bonchev–Trinajstić information content (AvgIpc) is 2.63. The van der Waals surface area contributed by atoms with Crippen LogP contribution in [0.1, 0.15) is 20.3 Å². The molecule has 3 rings (SSSR count). The molecule has 0 aromatic heterocycles. The van der Waals surface area contributed by atoms with Gasteiger partial charge in [-0.3, -0.25) is 0 Å². The zero-order valence-electron chi connectivity index (χ0n) is 15.5. The first-order chi connectivity index (χ1) is 13.0. The van der Waals surface area contributed by atoms with Crippen molar-refractivity contribution in [2.24, 2.45) is 11.8 Å². The monoisotopic (exact) mass is 461 g/mol. The van der Waals surface area contributed by atoms with E-state index in [1.165, 1.54) is 46.8 Å². The molecule has 0 unspecified atom stereocenters.